The highest BCUT2D eigenvalue weighted by Crippen LogP contribution is 2.38. The highest BCUT2D eigenvalue weighted by Gasteiger charge is 2.38. The molecule has 1 saturated carbocycles. The molecule has 0 saturated heterocycles. The average molecular weight is 535 g/mol. The first-order valence-corrected chi connectivity index (χ1v) is 13.9. The maximum atomic E-state index is 13.4. The van der Waals surface area contributed by atoms with Crippen molar-refractivity contribution in [2.75, 3.05) is 13.1 Å². The molecular formula is C29H45F3N6. The standard InChI is InChI=1S/C29H45F3N6/c1-7-9-23(13-20(4)29(30,31)32)26(34-6)27-28(38-21(5)16-36-27)37-17-22-11-19(3)12-24(14-22)25(15-33)18-35-10-8-2/h15-16,18-20,22-24H,6-14,17,33H2,1-5H3/b25-15+,27-26+,35-18?,37-28?. The van der Waals surface area contributed by atoms with Crippen LogP contribution in [0.5, 0.6) is 0 Å². The molecule has 0 bridgehead atoms. The summed E-state index contributed by atoms with van der Waals surface area (Å²) in [6.45, 7) is 14.4. The smallest absolute Gasteiger partial charge is 0.391 e. The summed E-state index contributed by atoms with van der Waals surface area (Å²) in [4.78, 5) is 22.7. The fourth-order valence-electron chi connectivity index (χ4n) is 5.39. The maximum Gasteiger partial charge on any atom is 0.391 e. The van der Waals surface area contributed by atoms with Gasteiger partial charge in [-0.05, 0) is 81.7 Å². The minimum absolute atomic E-state index is 0.0731. The van der Waals surface area contributed by atoms with Gasteiger partial charge in [-0.1, -0.05) is 34.1 Å². The number of nitrogens with two attached hydrogens (primary N) is 1. The van der Waals surface area contributed by atoms with Crippen LogP contribution in [0.2, 0.25) is 0 Å². The van der Waals surface area contributed by atoms with E-state index in [-0.39, 0.29) is 6.42 Å². The Labute approximate surface area is 226 Å². The molecule has 1 aliphatic carbocycles. The van der Waals surface area contributed by atoms with Crippen molar-refractivity contribution in [3.05, 3.63) is 23.2 Å². The molecule has 2 rings (SSSR count). The Bertz CT molecular complexity index is 973. The van der Waals surface area contributed by atoms with E-state index in [1.807, 2.05) is 20.1 Å². The number of alkyl halides is 3. The highest BCUT2D eigenvalue weighted by molar-refractivity contribution is 6.35. The van der Waals surface area contributed by atoms with Gasteiger partial charge in [0.15, 0.2) is 5.84 Å². The van der Waals surface area contributed by atoms with Crippen LogP contribution in [0.15, 0.2) is 48.1 Å². The van der Waals surface area contributed by atoms with Gasteiger partial charge < -0.3 is 5.73 Å². The largest absolute Gasteiger partial charge is 0.404 e. The molecule has 0 aromatic heterocycles. The van der Waals surface area contributed by atoms with Gasteiger partial charge in [0.25, 0.3) is 0 Å². The van der Waals surface area contributed by atoms with Crippen LogP contribution in [0.25, 0.3) is 0 Å². The monoisotopic (exact) mass is 534 g/mol. The summed E-state index contributed by atoms with van der Waals surface area (Å²) in [5.74, 6) is -0.296. The Hall–Kier alpha value is -2.58. The van der Waals surface area contributed by atoms with Crippen LogP contribution >= 0.6 is 0 Å². The minimum Gasteiger partial charge on any atom is -0.404 e. The molecule has 212 valence electrons. The summed E-state index contributed by atoms with van der Waals surface area (Å²) in [5.41, 5.74) is 8.61. The molecule has 2 N–H and O–H groups in total. The molecule has 38 heavy (non-hydrogen) atoms. The lowest BCUT2D eigenvalue weighted by Gasteiger charge is -2.33. The van der Waals surface area contributed by atoms with Gasteiger partial charge in [-0.25, -0.2) is 9.98 Å². The second-order valence-electron chi connectivity index (χ2n) is 10.8. The van der Waals surface area contributed by atoms with E-state index in [0.717, 1.165) is 44.2 Å². The van der Waals surface area contributed by atoms with Gasteiger partial charge >= 0.3 is 6.18 Å². The zero-order valence-corrected chi connectivity index (χ0v) is 23.6. The Morgan fingerprint density at radius 3 is 2.58 bits per heavy atom. The van der Waals surface area contributed by atoms with Crippen LogP contribution in [0, 0.1) is 29.6 Å². The lowest BCUT2D eigenvalue weighted by atomic mass is 9.73. The summed E-state index contributed by atoms with van der Waals surface area (Å²) in [6.07, 6.45) is 6.17. The van der Waals surface area contributed by atoms with Crippen molar-refractivity contribution >= 4 is 30.7 Å². The van der Waals surface area contributed by atoms with Crippen LogP contribution in [-0.2, 0) is 0 Å². The van der Waals surface area contributed by atoms with Crippen molar-refractivity contribution in [1.82, 2.24) is 0 Å². The quantitative estimate of drug-likeness (QED) is 0.263. The third kappa shape index (κ3) is 9.31. The number of allylic oxidation sites excluding steroid dienone is 2. The fourth-order valence-corrected chi connectivity index (χ4v) is 5.39. The Kier molecular flexibility index (Phi) is 12.6. The Morgan fingerprint density at radius 2 is 1.97 bits per heavy atom. The van der Waals surface area contributed by atoms with Gasteiger partial charge in [-0.3, -0.25) is 15.0 Å². The van der Waals surface area contributed by atoms with Gasteiger partial charge in [0.1, 0.15) is 5.70 Å². The SMILES string of the molecule is C=N/C(=C1/N=CC(C)=NC1=NCC1CC(C)CC(/C(C=NCCC)=C/N)C1)C(CCC)CC(C)C(F)(F)F. The normalized spacial score (nSPS) is 26.9. The highest BCUT2D eigenvalue weighted by atomic mass is 19.4. The van der Waals surface area contributed by atoms with E-state index >= 15 is 0 Å². The van der Waals surface area contributed by atoms with Gasteiger partial charge in [-0.2, -0.15) is 13.2 Å². The van der Waals surface area contributed by atoms with E-state index < -0.39 is 18.0 Å². The zero-order chi connectivity index (χ0) is 28.3. The third-order valence-electron chi connectivity index (χ3n) is 7.30. The molecule has 9 heteroatoms. The summed E-state index contributed by atoms with van der Waals surface area (Å²) >= 11 is 0. The van der Waals surface area contributed by atoms with E-state index in [9.17, 15) is 13.2 Å². The Balaban J connectivity index is 2.33. The van der Waals surface area contributed by atoms with Crippen LogP contribution < -0.4 is 5.73 Å². The number of amidine groups is 1. The van der Waals surface area contributed by atoms with Crippen molar-refractivity contribution in [2.45, 2.75) is 85.7 Å². The first-order chi connectivity index (χ1) is 18.0. The molecule has 5 unspecified atom stereocenters. The van der Waals surface area contributed by atoms with Crippen molar-refractivity contribution < 1.29 is 13.2 Å². The van der Waals surface area contributed by atoms with E-state index in [4.69, 9.17) is 10.7 Å². The molecule has 2 aliphatic rings. The van der Waals surface area contributed by atoms with Crippen LogP contribution in [0.3, 0.4) is 0 Å². The number of rotatable bonds is 12. The first kappa shape index (κ1) is 31.6. The molecule has 0 aromatic rings. The number of nitrogens with zero attached hydrogens (tertiary/aromatic N) is 5. The third-order valence-corrected chi connectivity index (χ3v) is 7.30. The molecular weight excluding hydrogens is 489 g/mol. The molecule has 1 fully saturated rings. The first-order valence-electron chi connectivity index (χ1n) is 13.9. The van der Waals surface area contributed by atoms with E-state index in [0.29, 0.717) is 53.7 Å². The van der Waals surface area contributed by atoms with Gasteiger partial charge in [0.2, 0.25) is 0 Å². The van der Waals surface area contributed by atoms with Crippen molar-refractivity contribution in [3.63, 3.8) is 0 Å². The van der Waals surface area contributed by atoms with Gasteiger partial charge in [0, 0.05) is 31.4 Å². The molecule has 0 aromatic carbocycles. The van der Waals surface area contributed by atoms with Gasteiger partial charge in [-0.15, -0.1) is 0 Å². The summed E-state index contributed by atoms with van der Waals surface area (Å²) in [6, 6.07) is 0. The summed E-state index contributed by atoms with van der Waals surface area (Å²) in [5, 5.41) is 0. The predicted molar refractivity (Wildman–Crippen MR) is 155 cm³/mol. The molecule has 1 heterocycles. The Morgan fingerprint density at radius 1 is 1.24 bits per heavy atom. The molecule has 1 aliphatic heterocycles. The topological polar surface area (TPSA) is 87.8 Å². The van der Waals surface area contributed by atoms with E-state index in [1.165, 1.54) is 6.92 Å². The average Bonchev–Trinajstić information content (AvgIpc) is 2.86. The van der Waals surface area contributed by atoms with Crippen molar-refractivity contribution in [2.24, 2.45) is 60.3 Å². The second-order valence-corrected chi connectivity index (χ2v) is 10.8. The number of hydrogen-bond acceptors (Lipinski definition) is 5. The van der Waals surface area contributed by atoms with Gasteiger partial charge in [0.05, 0.1) is 17.3 Å². The van der Waals surface area contributed by atoms with E-state index in [2.05, 4.69) is 40.5 Å². The molecule has 0 spiro atoms. The van der Waals surface area contributed by atoms with Crippen LogP contribution in [0.1, 0.15) is 79.6 Å². The second kappa shape index (κ2) is 15.1. The minimum atomic E-state index is -4.27. The van der Waals surface area contributed by atoms with Crippen LogP contribution in [0.4, 0.5) is 13.2 Å². The van der Waals surface area contributed by atoms with E-state index in [1.54, 1.807) is 12.4 Å². The summed E-state index contributed by atoms with van der Waals surface area (Å²) < 4.78 is 40.2. The number of halogens is 3. The molecule has 0 radical (unpaired) electrons. The number of aliphatic imine (C=N–C) groups is 5. The molecule has 5 atom stereocenters. The lowest BCUT2D eigenvalue weighted by Crippen LogP contribution is -2.26. The predicted octanol–water partition coefficient (Wildman–Crippen LogP) is 7.22. The van der Waals surface area contributed by atoms with Crippen molar-refractivity contribution in [3.8, 4) is 0 Å². The number of hydrogen-bond donors (Lipinski definition) is 1. The zero-order valence-electron chi connectivity index (χ0n) is 23.6. The maximum absolute atomic E-state index is 13.4. The fraction of sp³-hybridized carbons (Fsp3) is 0.690. The van der Waals surface area contributed by atoms with Crippen LogP contribution in [-0.4, -0.2) is 50.0 Å². The molecule has 0 amide bonds. The lowest BCUT2D eigenvalue weighted by molar-refractivity contribution is -0.173. The summed E-state index contributed by atoms with van der Waals surface area (Å²) in [7, 11) is 0. The van der Waals surface area contributed by atoms with Crippen molar-refractivity contribution in [1.29, 1.82) is 0 Å². The molecule has 6 nitrogen and oxygen atoms in total.